The van der Waals surface area contributed by atoms with Crippen LogP contribution in [0.1, 0.15) is 18.4 Å². The fourth-order valence-electron chi connectivity index (χ4n) is 2.61. The average Bonchev–Trinajstić information content (AvgIpc) is 3.01. The first-order valence-corrected chi connectivity index (χ1v) is 8.60. The molecule has 6 heteroatoms. The molecule has 1 heterocycles. The summed E-state index contributed by atoms with van der Waals surface area (Å²) in [5.41, 5.74) is 2.92. The number of hydrogen-bond acceptors (Lipinski definition) is 2. The van der Waals surface area contributed by atoms with Gasteiger partial charge in [-0.05, 0) is 60.6 Å². The second kappa shape index (κ2) is 7.64. The van der Waals surface area contributed by atoms with Crippen molar-refractivity contribution in [3.05, 3.63) is 59.1 Å². The fraction of sp³-hybridized carbons (Fsp3) is 0.222. The number of hydrogen-bond donors (Lipinski definition) is 2. The Morgan fingerprint density at radius 3 is 2.46 bits per heavy atom. The highest BCUT2D eigenvalue weighted by molar-refractivity contribution is 7.80. The van der Waals surface area contributed by atoms with Crippen molar-refractivity contribution in [3.8, 4) is 0 Å². The summed E-state index contributed by atoms with van der Waals surface area (Å²) in [5, 5.41) is 7.57. The van der Waals surface area contributed by atoms with Gasteiger partial charge < -0.3 is 15.5 Å². The second-order valence-corrected chi connectivity index (χ2v) is 6.47. The van der Waals surface area contributed by atoms with Crippen LogP contribution >= 0.6 is 23.8 Å². The number of halogens is 1. The van der Waals surface area contributed by atoms with Crippen LogP contribution in [-0.4, -0.2) is 17.6 Å². The van der Waals surface area contributed by atoms with Gasteiger partial charge in [0, 0.05) is 35.9 Å². The largest absolute Gasteiger partial charge is 0.358 e. The molecule has 124 valence electrons. The molecule has 3 rings (SSSR count). The summed E-state index contributed by atoms with van der Waals surface area (Å²) in [5.74, 6) is 0.191. The van der Waals surface area contributed by atoms with E-state index >= 15 is 0 Å². The minimum absolute atomic E-state index is 0.191. The van der Waals surface area contributed by atoms with Crippen LogP contribution < -0.4 is 15.5 Å². The third-order valence-corrected chi connectivity index (χ3v) is 4.37. The van der Waals surface area contributed by atoms with E-state index in [9.17, 15) is 4.79 Å². The van der Waals surface area contributed by atoms with Crippen LogP contribution in [0.4, 0.5) is 11.4 Å². The van der Waals surface area contributed by atoms with Crippen LogP contribution in [0.2, 0.25) is 5.02 Å². The lowest BCUT2D eigenvalue weighted by Gasteiger charge is -2.16. The third-order valence-electron chi connectivity index (χ3n) is 3.88. The van der Waals surface area contributed by atoms with E-state index in [0.29, 0.717) is 18.1 Å². The molecule has 1 aliphatic heterocycles. The van der Waals surface area contributed by atoms with E-state index in [1.165, 1.54) is 0 Å². The first-order chi connectivity index (χ1) is 11.6. The number of amides is 1. The smallest absolute Gasteiger partial charge is 0.227 e. The van der Waals surface area contributed by atoms with Gasteiger partial charge in [0.1, 0.15) is 0 Å². The normalized spacial score (nSPS) is 13.9. The number of nitrogens with one attached hydrogen (secondary N) is 2. The summed E-state index contributed by atoms with van der Waals surface area (Å²) in [6.07, 6.45) is 1.57. The number of anilines is 2. The van der Waals surface area contributed by atoms with Crippen molar-refractivity contribution in [2.45, 2.75) is 19.4 Å². The maximum Gasteiger partial charge on any atom is 0.227 e. The molecular formula is C18H18ClN3OS. The number of carbonyl (C=O) groups is 1. The first kappa shape index (κ1) is 16.7. The van der Waals surface area contributed by atoms with Crippen molar-refractivity contribution in [3.63, 3.8) is 0 Å². The number of carbonyl (C=O) groups excluding carboxylic acids is 1. The van der Waals surface area contributed by atoms with Gasteiger partial charge in [0.05, 0.1) is 0 Å². The molecule has 4 nitrogen and oxygen atoms in total. The minimum Gasteiger partial charge on any atom is -0.358 e. The van der Waals surface area contributed by atoms with Crippen LogP contribution in [0.3, 0.4) is 0 Å². The standard InChI is InChI=1S/C18H18ClN3OS/c19-14-5-3-13(4-6-14)12-20-18(24)21-15-7-9-16(10-8-15)22-11-1-2-17(22)23/h3-10H,1-2,11-12H2,(H2,20,21,24). The van der Waals surface area contributed by atoms with E-state index in [-0.39, 0.29) is 5.91 Å². The molecule has 0 radical (unpaired) electrons. The summed E-state index contributed by atoms with van der Waals surface area (Å²) >= 11 is 11.2. The van der Waals surface area contributed by atoms with Gasteiger partial charge in [0.2, 0.25) is 5.91 Å². The molecule has 0 aliphatic carbocycles. The highest BCUT2D eigenvalue weighted by atomic mass is 35.5. The van der Waals surface area contributed by atoms with Crippen LogP contribution in [0.25, 0.3) is 0 Å². The van der Waals surface area contributed by atoms with E-state index in [4.69, 9.17) is 23.8 Å². The molecule has 0 unspecified atom stereocenters. The predicted octanol–water partition coefficient (Wildman–Crippen LogP) is 3.95. The Labute approximate surface area is 151 Å². The zero-order valence-electron chi connectivity index (χ0n) is 13.1. The van der Waals surface area contributed by atoms with Crippen LogP contribution in [0.15, 0.2) is 48.5 Å². The summed E-state index contributed by atoms with van der Waals surface area (Å²) < 4.78 is 0. The molecule has 0 spiro atoms. The van der Waals surface area contributed by atoms with E-state index in [0.717, 1.165) is 34.9 Å². The quantitative estimate of drug-likeness (QED) is 0.811. The van der Waals surface area contributed by atoms with Gasteiger partial charge in [-0.2, -0.15) is 0 Å². The fourth-order valence-corrected chi connectivity index (χ4v) is 2.92. The van der Waals surface area contributed by atoms with Crippen molar-refractivity contribution in [2.75, 3.05) is 16.8 Å². The number of benzene rings is 2. The van der Waals surface area contributed by atoms with Crippen molar-refractivity contribution < 1.29 is 4.79 Å². The monoisotopic (exact) mass is 359 g/mol. The summed E-state index contributed by atoms with van der Waals surface area (Å²) in [7, 11) is 0. The van der Waals surface area contributed by atoms with E-state index in [2.05, 4.69) is 10.6 Å². The predicted molar refractivity (Wildman–Crippen MR) is 103 cm³/mol. The molecule has 2 aromatic carbocycles. The maximum atomic E-state index is 11.7. The van der Waals surface area contributed by atoms with E-state index in [1.807, 2.05) is 53.4 Å². The highest BCUT2D eigenvalue weighted by Gasteiger charge is 2.21. The van der Waals surface area contributed by atoms with E-state index < -0.39 is 0 Å². The van der Waals surface area contributed by atoms with Gasteiger partial charge in [0.25, 0.3) is 0 Å². The van der Waals surface area contributed by atoms with Gasteiger partial charge in [0.15, 0.2) is 5.11 Å². The zero-order chi connectivity index (χ0) is 16.9. The Kier molecular flexibility index (Phi) is 5.33. The minimum atomic E-state index is 0.191. The molecule has 24 heavy (non-hydrogen) atoms. The van der Waals surface area contributed by atoms with Gasteiger partial charge in [-0.25, -0.2) is 0 Å². The van der Waals surface area contributed by atoms with Crippen LogP contribution in [-0.2, 0) is 11.3 Å². The van der Waals surface area contributed by atoms with Gasteiger partial charge in [-0.15, -0.1) is 0 Å². The SMILES string of the molecule is O=C1CCCN1c1ccc(NC(=S)NCc2ccc(Cl)cc2)cc1. The second-order valence-electron chi connectivity index (χ2n) is 5.63. The molecular weight excluding hydrogens is 342 g/mol. The molecule has 0 aromatic heterocycles. The van der Waals surface area contributed by atoms with Crippen molar-refractivity contribution in [2.24, 2.45) is 0 Å². The molecule has 0 saturated carbocycles. The van der Waals surface area contributed by atoms with Crippen molar-refractivity contribution >= 4 is 46.2 Å². The molecule has 1 amide bonds. The number of nitrogens with zero attached hydrogens (tertiary/aromatic N) is 1. The summed E-state index contributed by atoms with van der Waals surface area (Å²) in [4.78, 5) is 13.6. The van der Waals surface area contributed by atoms with E-state index in [1.54, 1.807) is 0 Å². The average molecular weight is 360 g/mol. The Balaban J connectivity index is 1.52. The zero-order valence-corrected chi connectivity index (χ0v) is 14.7. The maximum absolute atomic E-state index is 11.7. The lowest BCUT2D eigenvalue weighted by molar-refractivity contribution is -0.117. The van der Waals surface area contributed by atoms with Gasteiger partial charge in [-0.3, -0.25) is 4.79 Å². The molecule has 1 aliphatic rings. The topological polar surface area (TPSA) is 44.4 Å². The number of rotatable bonds is 4. The highest BCUT2D eigenvalue weighted by Crippen LogP contribution is 2.23. The molecule has 1 fully saturated rings. The Morgan fingerprint density at radius 2 is 1.83 bits per heavy atom. The van der Waals surface area contributed by atoms with Gasteiger partial charge >= 0.3 is 0 Å². The molecule has 0 atom stereocenters. The Morgan fingerprint density at radius 1 is 1.12 bits per heavy atom. The molecule has 1 saturated heterocycles. The Hall–Kier alpha value is -2.11. The molecule has 0 bridgehead atoms. The van der Waals surface area contributed by atoms with Crippen molar-refractivity contribution in [1.29, 1.82) is 0 Å². The lowest BCUT2D eigenvalue weighted by atomic mass is 10.2. The summed E-state index contributed by atoms with van der Waals surface area (Å²) in [6, 6.07) is 15.4. The molecule has 2 aromatic rings. The van der Waals surface area contributed by atoms with Gasteiger partial charge in [-0.1, -0.05) is 23.7 Å². The molecule has 2 N–H and O–H groups in total. The summed E-state index contributed by atoms with van der Waals surface area (Å²) in [6.45, 7) is 1.43. The van der Waals surface area contributed by atoms with Crippen molar-refractivity contribution in [1.82, 2.24) is 5.32 Å². The number of thiocarbonyl (C=S) groups is 1. The third kappa shape index (κ3) is 4.24. The lowest BCUT2D eigenvalue weighted by Crippen LogP contribution is -2.28. The van der Waals surface area contributed by atoms with Crippen LogP contribution in [0.5, 0.6) is 0 Å². The Bertz CT molecular complexity index is 731. The first-order valence-electron chi connectivity index (χ1n) is 7.81. The van der Waals surface area contributed by atoms with Crippen LogP contribution in [0, 0.1) is 0 Å².